The Kier molecular flexibility index (Phi) is 7.40. The normalized spacial score (nSPS) is 18.3. The minimum absolute atomic E-state index is 0.138. The lowest BCUT2D eigenvalue weighted by molar-refractivity contribution is -0.120. The summed E-state index contributed by atoms with van der Waals surface area (Å²) in [6, 6.07) is 6.80. The van der Waals surface area contributed by atoms with E-state index in [0.29, 0.717) is 55.4 Å². The highest BCUT2D eigenvalue weighted by molar-refractivity contribution is 7.91. The highest BCUT2D eigenvalue weighted by atomic mass is 35.5. The summed E-state index contributed by atoms with van der Waals surface area (Å²) < 4.78 is 33.0. The molecule has 11 heteroatoms. The Morgan fingerprint density at radius 3 is 2.48 bits per heavy atom. The van der Waals surface area contributed by atoms with E-state index in [2.05, 4.69) is 5.32 Å². The summed E-state index contributed by atoms with van der Waals surface area (Å²) >= 11 is 7.18. The van der Waals surface area contributed by atoms with Gasteiger partial charge in [-0.15, -0.1) is 11.3 Å². The Morgan fingerprint density at radius 2 is 1.82 bits per heavy atom. The van der Waals surface area contributed by atoms with Crippen molar-refractivity contribution in [2.45, 2.75) is 24.0 Å². The van der Waals surface area contributed by atoms with Crippen LogP contribution in [0.25, 0.3) is 0 Å². The van der Waals surface area contributed by atoms with Gasteiger partial charge in [0, 0.05) is 48.2 Å². The van der Waals surface area contributed by atoms with Gasteiger partial charge in [0.15, 0.2) is 0 Å². The van der Waals surface area contributed by atoms with Crippen LogP contribution in [0.15, 0.2) is 33.9 Å². The lowest BCUT2D eigenvalue weighted by Crippen LogP contribution is -2.41. The number of rotatable bonds is 5. The second-order valence-corrected chi connectivity index (χ2v) is 11.7. The third-order valence-electron chi connectivity index (χ3n) is 5.98. The Labute approximate surface area is 202 Å². The van der Waals surface area contributed by atoms with Crippen LogP contribution in [0.3, 0.4) is 0 Å². The maximum absolute atomic E-state index is 13.1. The average molecular weight is 512 g/mol. The number of nitrogens with zero attached hydrogens (tertiary/aromatic N) is 2. The van der Waals surface area contributed by atoms with Gasteiger partial charge >= 0.3 is 0 Å². The first-order valence-electron chi connectivity index (χ1n) is 10.8. The zero-order valence-corrected chi connectivity index (χ0v) is 20.6. The van der Waals surface area contributed by atoms with Crippen LogP contribution in [-0.2, 0) is 19.6 Å². The Morgan fingerprint density at radius 1 is 1.12 bits per heavy atom. The largest absolute Gasteiger partial charge is 0.378 e. The summed E-state index contributed by atoms with van der Waals surface area (Å²) in [6.45, 7) is 4.36. The standard InChI is InChI=1S/C22H26ClN3O5S2/c1-15-2-3-18(13-19(15)23)24-21(27)16-4-6-26(7-5-16)33(29,30)20-12-17(14-32-20)22(28)25-8-10-31-11-9-25/h2-3,12-14,16H,4-11H2,1H3,(H,24,27). The summed E-state index contributed by atoms with van der Waals surface area (Å²) in [7, 11) is -3.72. The summed E-state index contributed by atoms with van der Waals surface area (Å²) in [5, 5.41) is 5.05. The van der Waals surface area contributed by atoms with Gasteiger partial charge < -0.3 is 15.0 Å². The van der Waals surface area contributed by atoms with Gasteiger partial charge in [-0.3, -0.25) is 9.59 Å². The van der Waals surface area contributed by atoms with Gasteiger partial charge in [0.2, 0.25) is 5.91 Å². The molecule has 2 amide bonds. The van der Waals surface area contributed by atoms with E-state index in [0.717, 1.165) is 16.9 Å². The molecule has 0 bridgehead atoms. The minimum Gasteiger partial charge on any atom is -0.378 e. The second-order valence-electron chi connectivity index (χ2n) is 8.19. The van der Waals surface area contributed by atoms with Gasteiger partial charge in [0.1, 0.15) is 4.21 Å². The SMILES string of the molecule is Cc1ccc(NC(=O)C2CCN(S(=O)(=O)c3cc(C(=O)N4CCOCC4)cs3)CC2)cc1Cl. The van der Waals surface area contributed by atoms with Gasteiger partial charge in [-0.05, 0) is 43.5 Å². The number of hydrogen-bond donors (Lipinski definition) is 1. The molecule has 0 atom stereocenters. The molecule has 4 rings (SSSR count). The van der Waals surface area contributed by atoms with Gasteiger partial charge in [-0.25, -0.2) is 8.42 Å². The maximum Gasteiger partial charge on any atom is 0.254 e. The molecule has 0 radical (unpaired) electrons. The number of nitrogens with one attached hydrogen (secondary N) is 1. The number of benzene rings is 1. The Bertz CT molecular complexity index is 1140. The van der Waals surface area contributed by atoms with Crippen molar-refractivity contribution in [1.82, 2.24) is 9.21 Å². The average Bonchev–Trinajstić information content (AvgIpc) is 3.33. The zero-order valence-electron chi connectivity index (χ0n) is 18.3. The Balaban J connectivity index is 1.36. The van der Waals surface area contributed by atoms with Crippen LogP contribution in [0.2, 0.25) is 5.02 Å². The first-order chi connectivity index (χ1) is 15.8. The predicted molar refractivity (Wildman–Crippen MR) is 127 cm³/mol. The van der Waals surface area contributed by atoms with Gasteiger partial charge in [-0.2, -0.15) is 4.31 Å². The number of anilines is 1. The summed E-state index contributed by atoms with van der Waals surface area (Å²) in [6.07, 6.45) is 0.852. The Hall–Kier alpha value is -1.98. The van der Waals surface area contributed by atoms with Crippen molar-refractivity contribution in [3.05, 3.63) is 45.8 Å². The van der Waals surface area contributed by atoms with E-state index in [1.165, 1.54) is 10.4 Å². The van der Waals surface area contributed by atoms with Gasteiger partial charge in [0.05, 0.1) is 18.8 Å². The van der Waals surface area contributed by atoms with Crippen LogP contribution >= 0.6 is 22.9 Å². The van der Waals surface area contributed by atoms with E-state index < -0.39 is 10.0 Å². The fourth-order valence-electron chi connectivity index (χ4n) is 3.91. The van der Waals surface area contributed by atoms with Crippen LogP contribution < -0.4 is 5.32 Å². The quantitative estimate of drug-likeness (QED) is 0.665. The number of sulfonamides is 1. The van der Waals surface area contributed by atoms with Crippen LogP contribution in [0.1, 0.15) is 28.8 Å². The summed E-state index contributed by atoms with van der Waals surface area (Å²) in [4.78, 5) is 27.0. The lowest BCUT2D eigenvalue weighted by Gasteiger charge is -2.30. The molecule has 1 aromatic heterocycles. The molecule has 2 aromatic rings. The lowest BCUT2D eigenvalue weighted by atomic mass is 9.97. The van der Waals surface area contributed by atoms with Crippen molar-refractivity contribution >= 4 is 50.5 Å². The molecule has 8 nitrogen and oxygen atoms in total. The molecule has 178 valence electrons. The summed E-state index contributed by atoms with van der Waals surface area (Å²) in [5.74, 6) is -0.595. The highest BCUT2D eigenvalue weighted by Gasteiger charge is 2.33. The van der Waals surface area contributed by atoms with E-state index in [4.69, 9.17) is 16.3 Å². The first kappa shape index (κ1) is 24.2. The van der Waals surface area contributed by atoms with Crippen LogP contribution in [0.5, 0.6) is 0 Å². The topological polar surface area (TPSA) is 96.0 Å². The highest BCUT2D eigenvalue weighted by Crippen LogP contribution is 2.29. The van der Waals surface area contributed by atoms with Crippen LogP contribution in [0.4, 0.5) is 5.69 Å². The molecule has 2 fully saturated rings. The fourth-order valence-corrected chi connectivity index (χ4v) is 6.87. The second kappa shape index (κ2) is 10.1. The number of carbonyl (C=O) groups is 2. The molecule has 0 saturated carbocycles. The number of hydrogen-bond acceptors (Lipinski definition) is 6. The van der Waals surface area contributed by atoms with E-state index in [1.807, 2.05) is 13.0 Å². The molecule has 0 aliphatic carbocycles. The molecular formula is C22H26ClN3O5S2. The molecule has 0 spiro atoms. The molecule has 1 N–H and O–H groups in total. The molecule has 2 saturated heterocycles. The third-order valence-corrected chi connectivity index (χ3v) is 9.70. The number of halogens is 1. The third kappa shape index (κ3) is 5.41. The fraction of sp³-hybridized carbons (Fsp3) is 0.455. The van der Waals surface area contributed by atoms with Crippen molar-refractivity contribution in [2.75, 3.05) is 44.7 Å². The van der Waals surface area contributed by atoms with E-state index in [1.54, 1.807) is 22.4 Å². The number of aryl methyl sites for hydroxylation is 1. The monoisotopic (exact) mass is 511 g/mol. The molecule has 2 aliphatic rings. The van der Waals surface area contributed by atoms with Gasteiger partial charge in [-0.1, -0.05) is 17.7 Å². The number of piperidine rings is 1. The van der Waals surface area contributed by atoms with E-state index >= 15 is 0 Å². The number of morpholine rings is 1. The van der Waals surface area contributed by atoms with Crippen molar-refractivity contribution in [3.63, 3.8) is 0 Å². The molecule has 2 aliphatic heterocycles. The van der Waals surface area contributed by atoms with Crippen LogP contribution in [0, 0.1) is 12.8 Å². The van der Waals surface area contributed by atoms with E-state index in [9.17, 15) is 18.0 Å². The summed E-state index contributed by atoms with van der Waals surface area (Å²) in [5.41, 5.74) is 1.93. The first-order valence-corrected chi connectivity index (χ1v) is 13.5. The number of ether oxygens (including phenoxy) is 1. The molecule has 1 aromatic carbocycles. The number of thiophene rings is 1. The molecule has 33 heavy (non-hydrogen) atoms. The van der Waals surface area contributed by atoms with E-state index in [-0.39, 0.29) is 35.0 Å². The van der Waals surface area contributed by atoms with Crippen molar-refractivity contribution in [1.29, 1.82) is 0 Å². The predicted octanol–water partition coefficient (Wildman–Crippen LogP) is 3.22. The number of amides is 2. The zero-order chi connectivity index (χ0) is 23.6. The minimum atomic E-state index is -3.72. The molecule has 0 unspecified atom stereocenters. The smallest absolute Gasteiger partial charge is 0.254 e. The van der Waals surface area contributed by atoms with Gasteiger partial charge in [0.25, 0.3) is 15.9 Å². The van der Waals surface area contributed by atoms with Crippen molar-refractivity contribution in [2.24, 2.45) is 5.92 Å². The van der Waals surface area contributed by atoms with Crippen molar-refractivity contribution < 1.29 is 22.7 Å². The molecular weight excluding hydrogens is 486 g/mol. The maximum atomic E-state index is 13.1. The molecule has 3 heterocycles. The van der Waals surface area contributed by atoms with Crippen molar-refractivity contribution in [3.8, 4) is 0 Å². The van der Waals surface area contributed by atoms with Crippen LogP contribution in [-0.4, -0.2) is 68.8 Å². The number of carbonyl (C=O) groups excluding carboxylic acids is 2.